The van der Waals surface area contributed by atoms with Crippen molar-refractivity contribution in [3.8, 4) is 0 Å². The summed E-state index contributed by atoms with van der Waals surface area (Å²) in [6.45, 7) is 1.65. The molecule has 1 heterocycles. The van der Waals surface area contributed by atoms with Crippen LogP contribution >= 0.6 is 0 Å². The van der Waals surface area contributed by atoms with E-state index in [4.69, 9.17) is 4.74 Å². The molecule has 0 bridgehead atoms. The Morgan fingerprint density at radius 3 is 2.54 bits per heavy atom. The molecule has 39 heavy (non-hydrogen) atoms. The summed E-state index contributed by atoms with van der Waals surface area (Å²) in [5.41, 5.74) is 2.63. The highest BCUT2D eigenvalue weighted by Crippen LogP contribution is 2.38. The van der Waals surface area contributed by atoms with Gasteiger partial charge >= 0.3 is 11.9 Å². The lowest BCUT2D eigenvalue weighted by atomic mass is 9.83. The van der Waals surface area contributed by atoms with E-state index in [1.54, 1.807) is 19.1 Å². The number of carboxylic acids is 1. The summed E-state index contributed by atoms with van der Waals surface area (Å²) >= 11 is 0. The molecule has 2 aromatic rings. The molecule has 1 fully saturated rings. The molecule has 208 valence electrons. The van der Waals surface area contributed by atoms with Crippen LogP contribution in [-0.4, -0.2) is 48.1 Å². The molecule has 4 unspecified atom stereocenters. The van der Waals surface area contributed by atoms with Gasteiger partial charge in [-0.3, -0.25) is 24.1 Å². The highest BCUT2D eigenvalue weighted by atomic mass is 16.5. The molecule has 8 heteroatoms. The second-order valence-corrected chi connectivity index (χ2v) is 10.6. The standard InChI is InChI=1S/C31H38N2O6/c1-2-39-31(38)24(16-15-21-9-4-3-5-10-21)19-23-12-8-13-25(23)29(36)32-26-18-17-22-11-6-7-14-27(22)33(30(26)37)20-28(34)35/h3-7,9-11,14,23-26H,2,8,12-13,15-20H2,1H3,(H,32,36)(H,34,35). The second kappa shape index (κ2) is 13.4. The van der Waals surface area contributed by atoms with Crippen LogP contribution in [0.1, 0.15) is 56.6 Å². The van der Waals surface area contributed by atoms with Crippen molar-refractivity contribution in [1.29, 1.82) is 0 Å². The number of para-hydroxylation sites is 1. The number of hydrogen-bond donors (Lipinski definition) is 2. The molecule has 2 aliphatic rings. The van der Waals surface area contributed by atoms with Gasteiger partial charge in [0.1, 0.15) is 12.6 Å². The molecule has 2 N–H and O–H groups in total. The maximum atomic E-state index is 13.5. The minimum atomic E-state index is -1.11. The zero-order valence-corrected chi connectivity index (χ0v) is 22.5. The van der Waals surface area contributed by atoms with E-state index in [2.05, 4.69) is 5.32 Å². The monoisotopic (exact) mass is 534 g/mol. The van der Waals surface area contributed by atoms with Gasteiger partial charge in [0.2, 0.25) is 11.8 Å². The lowest BCUT2D eigenvalue weighted by Gasteiger charge is -2.27. The Labute approximate surface area is 229 Å². The van der Waals surface area contributed by atoms with Crippen molar-refractivity contribution in [1.82, 2.24) is 5.32 Å². The summed E-state index contributed by atoms with van der Waals surface area (Å²) in [4.78, 5) is 52.6. The minimum Gasteiger partial charge on any atom is -0.480 e. The SMILES string of the molecule is CCOC(=O)C(CCc1ccccc1)CC1CCCC1C(=O)NC1CCc2ccccc2N(CC(=O)O)C1=O. The fourth-order valence-electron chi connectivity index (χ4n) is 6.03. The summed E-state index contributed by atoms with van der Waals surface area (Å²) in [5, 5.41) is 12.4. The van der Waals surface area contributed by atoms with Crippen molar-refractivity contribution in [2.45, 2.75) is 64.3 Å². The first-order valence-corrected chi connectivity index (χ1v) is 14.0. The zero-order chi connectivity index (χ0) is 27.8. The predicted octanol–water partition coefficient (Wildman–Crippen LogP) is 4.15. The third kappa shape index (κ3) is 7.25. The van der Waals surface area contributed by atoms with Gasteiger partial charge in [0, 0.05) is 11.6 Å². The number of carbonyl (C=O) groups excluding carboxylic acids is 3. The number of carbonyl (C=O) groups is 4. The third-order valence-electron chi connectivity index (χ3n) is 7.99. The lowest BCUT2D eigenvalue weighted by Crippen LogP contribution is -2.51. The van der Waals surface area contributed by atoms with Crippen LogP contribution in [0.3, 0.4) is 0 Å². The summed E-state index contributed by atoms with van der Waals surface area (Å²) in [7, 11) is 0. The smallest absolute Gasteiger partial charge is 0.323 e. The third-order valence-corrected chi connectivity index (χ3v) is 7.99. The van der Waals surface area contributed by atoms with Crippen LogP contribution in [0.25, 0.3) is 0 Å². The number of amides is 2. The molecule has 4 atom stereocenters. The van der Waals surface area contributed by atoms with E-state index >= 15 is 0 Å². The van der Waals surface area contributed by atoms with Crippen molar-refractivity contribution in [2.24, 2.45) is 17.8 Å². The van der Waals surface area contributed by atoms with Crippen molar-refractivity contribution in [3.05, 3.63) is 65.7 Å². The Balaban J connectivity index is 1.44. The summed E-state index contributed by atoms with van der Waals surface area (Å²) in [5.74, 6) is -2.51. The number of nitrogens with zero attached hydrogens (tertiary/aromatic N) is 1. The van der Waals surface area contributed by atoms with E-state index in [9.17, 15) is 24.3 Å². The zero-order valence-electron chi connectivity index (χ0n) is 22.5. The van der Waals surface area contributed by atoms with Gasteiger partial charge in [0.05, 0.1) is 12.5 Å². The topological polar surface area (TPSA) is 113 Å². The molecule has 2 amide bonds. The quantitative estimate of drug-likeness (QED) is 0.419. The van der Waals surface area contributed by atoms with Gasteiger partial charge in [-0.1, -0.05) is 55.0 Å². The number of anilines is 1. The number of ether oxygens (including phenoxy) is 1. The number of aryl methyl sites for hydroxylation is 2. The molecular weight excluding hydrogens is 496 g/mol. The molecular formula is C31H38N2O6. The van der Waals surface area contributed by atoms with E-state index in [0.29, 0.717) is 44.4 Å². The summed E-state index contributed by atoms with van der Waals surface area (Å²) in [6, 6.07) is 16.5. The molecule has 1 aliphatic carbocycles. The van der Waals surface area contributed by atoms with Gasteiger partial charge in [0.25, 0.3) is 0 Å². The van der Waals surface area contributed by atoms with E-state index in [-0.39, 0.29) is 29.6 Å². The fourth-order valence-corrected chi connectivity index (χ4v) is 6.03. The number of rotatable bonds is 11. The first-order chi connectivity index (χ1) is 18.9. The van der Waals surface area contributed by atoms with E-state index in [0.717, 1.165) is 30.4 Å². The highest BCUT2D eigenvalue weighted by molar-refractivity contribution is 6.03. The van der Waals surface area contributed by atoms with Crippen molar-refractivity contribution >= 4 is 29.4 Å². The van der Waals surface area contributed by atoms with E-state index in [1.165, 1.54) is 4.90 Å². The fraction of sp³-hybridized carbons (Fsp3) is 0.484. The Morgan fingerprint density at radius 1 is 1.05 bits per heavy atom. The van der Waals surface area contributed by atoms with Crippen molar-refractivity contribution in [2.75, 3.05) is 18.1 Å². The van der Waals surface area contributed by atoms with E-state index < -0.39 is 24.5 Å². The number of aliphatic carboxylic acids is 1. The second-order valence-electron chi connectivity index (χ2n) is 10.6. The van der Waals surface area contributed by atoms with Crippen molar-refractivity contribution < 1.29 is 29.0 Å². The minimum absolute atomic E-state index is 0.0170. The Bertz CT molecular complexity index is 1170. The van der Waals surface area contributed by atoms with Gasteiger partial charge in [-0.05, 0) is 75.0 Å². The number of hydrogen-bond acceptors (Lipinski definition) is 5. The van der Waals surface area contributed by atoms with Crippen LogP contribution in [0.15, 0.2) is 54.6 Å². The van der Waals surface area contributed by atoms with Crippen molar-refractivity contribution in [3.63, 3.8) is 0 Å². The molecule has 1 saturated carbocycles. The summed E-state index contributed by atoms with van der Waals surface area (Å²) in [6.07, 6.45) is 5.35. The molecule has 0 spiro atoms. The predicted molar refractivity (Wildman–Crippen MR) is 147 cm³/mol. The van der Waals surface area contributed by atoms with Crippen LogP contribution in [0.2, 0.25) is 0 Å². The number of nitrogens with one attached hydrogen (secondary N) is 1. The molecule has 2 aromatic carbocycles. The first-order valence-electron chi connectivity index (χ1n) is 14.0. The highest BCUT2D eigenvalue weighted by Gasteiger charge is 2.39. The van der Waals surface area contributed by atoms with Gasteiger partial charge in [-0.2, -0.15) is 0 Å². The van der Waals surface area contributed by atoms with Gasteiger partial charge in [0.15, 0.2) is 0 Å². The van der Waals surface area contributed by atoms with E-state index in [1.807, 2.05) is 42.5 Å². The van der Waals surface area contributed by atoms with Gasteiger partial charge in [-0.15, -0.1) is 0 Å². The van der Waals surface area contributed by atoms with Crippen LogP contribution in [-0.2, 0) is 36.8 Å². The van der Waals surface area contributed by atoms with Crippen LogP contribution in [0, 0.1) is 17.8 Å². The molecule has 1 aliphatic heterocycles. The number of benzene rings is 2. The molecule has 8 nitrogen and oxygen atoms in total. The molecule has 4 rings (SSSR count). The largest absolute Gasteiger partial charge is 0.480 e. The molecule has 0 radical (unpaired) electrons. The normalized spacial score (nSPS) is 21.5. The summed E-state index contributed by atoms with van der Waals surface area (Å²) < 4.78 is 5.38. The average molecular weight is 535 g/mol. The maximum absolute atomic E-state index is 13.5. The number of fused-ring (bicyclic) bond motifs is 1. The van der Waals surface area contributed by atoms with Gasteiger partial charge < -0.3 is 15.2 Å². The Hall–Kier alpha value is -3.68. The molecule has 0 saturated heterocycles. The Kier molecular flexibility index (Phi) is 9.74. The lowest BCUT2D eigenvalue weighted by molar-refractivity contribution is -0.149. The average Bonchev–Trinajstić information content (AvgIpc) is 3.36. The molecule has 0 aromatic heterocycles. The first kappa shape index (κ1) is 28.3. The van der Waals surface area contributed by atoms with Gasteiger partial charge in [-0.25, -0.2) is 0 Å². The van der Waals surface area contributed by atoms with Crippen LogP contribution in [0.5, 0.6) is 0 Å². The maximum Gasteiger partial charge on any atom is 0.323 e. The van der Waals surface area contributed by atoms with Crippen LogP contribution < -0.4 is 10.2 Å². The number of esters is 1. The number of carboxylic acid groups (broad SMARTS) is 1. The van der Waals surface area contributed by atoms with Crippen LogP contribution in [0.4, 0.5) is 5.69 Å². The Morgan fingerprint density at radius 2 is 1.79 bits per heavy atom.